The van der Waals surface area contributed by atoms with Gasteiger partial charge in [-0.15, -0.1) is 0 Å². The Labute approximate surface area is 124 Å². The van der Waals surface area contributed by atoms with Crippen molar-refractivity contribution in [2.24, 2.45) is 0 Å². The van der Waals surface area contributed by atoms with Gasteiger partial charge in [-0.25, -0.2) is 0 Å². The van der Waals surface area contributed by atoms with Crippen LogP contribution in [0.15, 0.2) is 66.7 Å². The van der Waals surface area contributed by atoms with Gasteiger partial charge in [-0.05, 0) is 40.3 Å². The Morgan fingerprint density at radius 1 is 0.714 bits per heavy atom. The highest BCUT2D eigenvalue weighted by Crippen LogP contribution is 2.34. The van der Waals surface area contributed by atoms with Gasteiger partial charge >= 0.3 is 0 Å². The van der Waals surface area contributed by atoms with Crippen molar-refractivity contribution in [2.75, 3.05) is 0 Å². The largest absolute Gasteiger partial charge is 0.392 e. The third kappa shape index (κ3) is 2.24. The molecular weight excluding hydrogens is 256 g/mol. The lowest BCUT2D eigenvalue weighted by molar-refractivity contribution is 0.135. The molecule has 0 aromatic heterocycles. The van der Waals surface area contributed by atoms with Crippen LogP contribution in [-0.2, 0) is 12.8 Å². The molecule has 0 radical (unpaired) electrons. The third-order valence-electron chi connectivity index (χ3n) is 4.63. The molecule has 1 heteroatoms. The number of rotatable bonds is 1. The normalized spacial score (nSPS) is 21.2. The highest BCUT2D eigenvalue weighted by atomic mass is 16.3. The summed E-state index contributed by atoms with van der Waals surface area (Å²) in [6.07, 6.45) is 1.38. The van der Waals surface area contributed by atoms with Gasteiger partial charge in [-0.3, -0.25) is 0 Å². The fourth-order valence-corrected chi connectivity index (χ4v) is 3.50. The molecule has 1 N–H and O–H groups in total. The van der Waals surface area contributed by atoms with Crippen molar-refractivity contribution in [2.45, 2.75) is 24.9 Å². The lowest BCUT2D eigenvalue weighted by Crippen LogP contribution is -2.28. The van der Waals surface area contributed by atoms with E-state index in [1.807, 2.05) is 6.07 Å². The molecule has 1 aliphatic rings. The van der Waals surface area contributed by atoms with Crippen LogP contribution in [0.3, 0.4) is 0 Å². The zero-order chi connectivity index (χ0) is 14.2. The lowest BCUT2D eigenvalue weighted by atomic mass is 9.77. The van der Waals surface area contributed by atoms with Crippen molar-refractivity contribution >= 4 is 10.8 Å². The first kappa shape index (κ1) is 12.6. The molecule has 0 aliphatic heterocycles. The van der Waals surface area contributed by atoms with Gasteiger partial charge in [0.1, 0.15) is 0 Å². The number of aliphatic hydroxyl groups is 1. The van der Waals surface area contributed by atoms with Crippen LogP contribution < -0.4 is 0 Å². The molecule has 0 amide bonds. The average molecular weight is 274 g/mol. The topological polar surface area (TPSA) is 20.2 Å². The van der Waals surface area contributed by atoms with E-state index in [-0.39, 0.29) is 12.0 Å². The van der Waals surface area contributed by atoms with E-state index >= 15 is 0 Å². The number of benzene rings is 3. The van der Waals surface area contributed by atoms with Gasteiger partial charge in [0.25, 0.3) is 0 Å². The van der Waals surface area contributed by atoms with Crippen molar-refractivity contribution in [1.82, 2.24) is 0 Å². The van der Waals surface area contributed by atoms with Crippen LogP contribution in [-0.4, -0.2) is 11.2 Å². The Balaban J connectivity index is 1.78. The molecule has 0 bridgehead atoms. The molecule has 1 nitrogen and oxygen atoms in total. The Hall–Kier alpha value is -2.12. The van der Waals surface area contributed by atoms with Crippen molar-refractivity contribution < 1.29 is 5.11 Å². The molecule has 3 aromatic rings. The van der Waals surface area contributed by atoms with Gasteiger partial charge in [0.2, 0.25) is 0 Å². The molecule has 4 rings (SSSR count). The molecule has 2 unspecified atom stereocenters. The predicted molar refractivity (Wildman–Crippen MR) is 86.5 cm³/mol. The number of hydrogen-bond acceptors (Lipinski definition) is 1. The summed E-state index contributed by atoms with van der Waals surface area (Å²) in [5.41, 5.74) is 3.92. The van der Waals surface area contributed by atoms with Gasteiger partial charge in [0, 0.05) is 5.92 Å². The van der Waals surface area contributed by atoms with Crippen LogP contribution in [0.4, 0.5) is 0 Å². The van der Waals surface area contributed by atoms with E-state index < -0.39 is 0 Å². The van der Waals surface area contributed by atoms with Crippen molar-refractivity contribution in [3.05, 3.63) is 83.4 Å². The summed E-state index contributed by atoms with van der Waals surface area (Å²) in [6, 6.07) is 23.4. The molecular formula is C20H18O. The van der Waals surface area contributed by atoms with Gasteiger partial charge in [-0.1, -0.05) is 66.7 Å². The van der Waals surface area contributed by atoms with E-state index in [0.717, 1.165) is 12.8 Å². The summed E-state index contributed by atoms with van der Waals surface area (Å²) in [6.45, 7) is 0. The average Bonchev–Trinajstić information content (AvgIpc) is 2.53. The van der Waals surface area contributed by atoms with Crippen LogP contribution in [0, 0.1) is 0 Å². The smallest absolute Gasteiger partial charge is 0.0652 e. The van der Waals surface area contributed by atoms with Crippen LogP contribution in [0.1, 0.15) is 22.6 Å². The van der Waals surface area contributed by atoms with Crippen LogP contribution in [0.25, 0.3) is 10.8 Å². The third-order valence-corrected chi connectivity index (χ3v) is 4.63. The van der Waals surface area contributed by atoms with E-state index in [9.17, 15) is 5.11 Å². The summed E-state index contributed by atoms with van der Waals surface area (Å²) in [4.78, 5) is 0. The van der Waals surface area contributed by atoms with Crippen molar-refractivity contribution in [3.63, 3.8) is 0 Å². The Bertz CT molecular complexity index is 776. The number of aliphatic hydroxyl groups excluding tert-OH is 1. The standard InChI is InChI=1S/C20H18O/c21-20-13-18-11-16-9-5-4-8-15(16)10-17(18)12-19(20)14-6-2-1-3-7-14/h1-11,19-21H,12-13H2. The van der Waals surface area contributed by atoms with E-state index in [0.29, 0.717) is 0 Å². The highest BCUT2D eigenvalue weighted by Gasteiger charge is 2.28. The molecule has 0 saturated carbocycles. The molecule has 3 aromatic carbocycles. The van der Waals surface area contributed by atoms with E-state index in [1.165, 1.54) is 27.5 Å². The van der Waals surface area contributed by atoms with Crippen molar-refractivity contribution in [1.29, 1.82) is 0 Å². The van der Waals surface area contributed by atoms with Gasteiger partial charge in [-0.2, -0.15) is 0 Å². The maximum Gasteiger partial charge on any atom is 0.0652 e. The SMILES string of the molecule is OC1Cc2cc3ccccc3cc2CC1c1ccccc1. The van der Waals surface area contributed by atoms with Gasteiger partial charge in [0.05, 0.1) is 6.10 Å². The van der Waals surface area contributed by atoms with E-state index in [2.05, 4.69) is 60.7 Å². The maximum absolute atomic E-state index is 10.5. The molecule has 1 aliphatic carbocycles. The molecule has 104 valence electrons. The predicted octanol–water partition coefficient (Wildman–Crippen LogP) is 4.08. The first-order valence-electron chi connectivity index (χ1n) is 7.55. The van der Waals surface area contributed by atoms with E-state index in [1.54, 1.807) is 0 Å². The molecule has 0 fully saturated rings. The minimum atomic E-state index is -0.291. The Morgan fingerprint density at radius 3 is 1.95 bits per heavy atom. The second kappa shape index (κ2) is 5.01. The molecule has 2 atom stereocenters. The maximum atomic E-state index is 10.5. The van der Waals surface area contributed by atoms with Gasteiger partial charge < -0.3 is 5.11 Å². The summed E-state index contributed by atoms with van der Waals surface area (Å²) in [7, 11) is 0. The quantitative estimate of drug-likeness (QED) is 0.709. The first-order valence-corrected chi connectivity index (χ1v) is 7.55. The van der Waals surface area contributed by atoms with Crippen LogP contribution in [0.2, 0.25) is 0 Å². The van der Waals surface area contributed by atoms with Crippen LogP contribution >= 0.6 is 0 Å². The fourth-order valence-electron chi connectivity index (χ4n) is 3.50. The second-order valence-electron chi connectivity index (χ2n) is 5.96. The minimum absolute atomic E-state index is 0.208. The molecule has 0 heterocycles. The summed E-state index contributed by atoms with van der Waals surface area (Å²) >= 11 is 0. The molecule has 0 spiro atoms. The summed E-state index contributed by atoms with van der Waals surface area (Å²) in [5.74, 6) is 0.208. The first-order chi connectivity index (χ1) is 10.3. The van der Waals surface area contributed by atoms with Crippen LogP contribution in [0.5, 0.6) is 0 Å². The minimum Gasteiger partial charge on any atom is -0.392 e. The zero-order valence-corrected chi connectivity index (χ0v) is 11.9. The second-order valence-corrected chi connectivity index (χ2v) is 5.96. The number of hydrogen-bond donors (Lipinski definition) is 1. The van der Waals surface area contributed by atoms with E-state index in [4.69, 9.17) is 0 Å². The molecule has 21 heavy (non-hydrogen) atoms. The summed E-state index contributed by atoms with van der Waals surface area (Å²) < 4.78 is 0. The Kier molecular flexibility index (Phi) is 3.01. The zero-order valence-electron chi connectivity index (χ0n) is 11.9. The van der Waals surface area contributed by atoms with Crippen molar-refractivity contribution in [3.8, 4) is 0 Å². The monoisotopic (exact) mass is 274 g/mol. The van der Waals surface area contributed by atoms with Gasteiger partial charge in [0.15, 0.2) is 0 Å². The highest BCUT2D eigenvalue weighted by molar-refractivity contribution is 5.84. The Morgan fingerprint density at radius 2 is 1.29 bits per heavy atom. The number of fused-ring (bicyclic) bond motifs is 2. The lowest BCUT2D eigenvalue weighted by Gasteiger charge is -2.30. The summed E-state index contributed by atoms with van der Waals surface area (Å²) in [5, 5.41) is 13.1. The fraction of sp³-hybridized carbons (Fsp3) is 0.200. The molecule has 0 saturated heterocycles.